The number of nitrogens with zero attached hydrogens (tertiary/aromatic N) is 1. The summed E-state index contributed by atoms with van der Waals surface area (Å²) < 4.78 is 5.08. The van der Waals surface area contributed by atoms with Crippen LogP contribution in [0.5, 0.6) is 5.75 Å². The Balaban J connectivity index is 1.47. The first-order chi connectivity index (χ1) is 11.7. The average molecular weight is 325 g/mol. The molecule has 1 aliphatic carbocycles. The number of rotatable bonds is 6. The van der Waals surface area contributed by atoms with Crippen LogP contribution in [0.1, 0.15) is 12.1 Å². The molecule has 0 saturated heterocycles. The quantitative estimate of drug-likeness (QED) is 0.851. The van der Waals surface area contributed by atoms with Gasteiger partial charge >= 0.3 is 0 Å². The average Bonchev–Trinajstić information content (AvgIpc) is 3.42. The molecule has 0 spiro atoms. The number of hydrogen-bond acceptors (Lipinski definition) is 4. The molecule has 0 radical (unpaired) electrons. The van der Waals surface area contributed by atoms with Crippen molar-refractivity contribution in [1.82, 2.24) is 10.3 Å². The second-order valence-electron chi connectivity index (χ2n) is 5.71. The third-order valence-electron chi connectivity index (χ3n) is 3.99. The van der Waals surface area contributed by atoms with Crippen molar-refractivity contribution in [1.29, 1.82) is 0 Å². The summed E-state index contributed by atoms with van der Waals surface area (Å²) in [5, 5.41) is 5.65. The van der Waals surface area contributed by atoms with Crippen LogP contribution in [0.25, 0.3) is 0 Å². The van der Waals surface area contributed by atoms with Crippen LogP contribution in [0.15, 0.2) is 48.7 Å². The zero-order valence-corrected chi connectivity index (χ0v) is 13.4. The van der Waals surface area contributed by atoms with Gasteiger partial charge in [-0.2, -0.15) is 0 Å². The summed E-state index contributed by atoms with van der Waals surface area (Å²) in [6, 6.07) is 12.6. The lowest BCUT2D eigenvalue weighted by Gasteiger charge is -2.07. The summed E-state index contributed by atoms with van der Waals surface area (Å²) in [6.07, 6.45) is 2.26. The third kappa shape index (κ3) is 3.90. The molecule has 6 heteroatoms. The van der Waals surface area contributed by atoms with Crippen molar-refractivity contribution >= 4 is 17.5 Å². The number of carbonyl (C=O) groups excluding carboxylic acids is 2. The zero-order valence-electron chi connectivity index (χ0n) is 13.4. The van der Waals surface area contributed by atoms with E-state index >= 15 is 0 Å². The Morgan fingerprint density at radius 3 is 2.54 bits per heavy atom. The fraction of sp³-hybridized carbons (Fsp3) is 0.278. The number of carbonyl (C=O) groups is 2. The van der Waals surface area contributed by atoms with Gasteiger partial charge in [0, 0.05) is 11.9 Å². The van der Waals surface area contributed by atoms with Crippen molar-refractivity contribution < 1.29 is 14.3 Å². The van der Waals surface area contributed by atoms with E-state index in [9.17, 15) is 9.59 Å². The number of anilines is 1. The second kappa shape index (κ2) is 7.12. The summed E-state index contributed by atoms with van der Waals surface area (Å²) in [5.41, 5.74) is 1.49. The van der Waals surface area contributed by atoms with Crippen molar-refractivity contribution in [3.63, 3.8) is 0 Å². The van der Waals surface area contributed by atoms with Crippen LogP contribution in [-0.2, 0) is 16.1 Å². The van der Waals surface area contributed by atoms with Crippen molar-refractivity contribution in [2.45, 2.75) is 13.0 Å². The molecular weight excluding hydrogens is 306 g/mol. The molecule has 0 aliphatic heterocycles. The van der Waals surface area contributed by atoms with Crippen LogP contribution in [0.3, 0.4) is 0 Å². The lowest BCUT2D eigenvalue weighted by Crippen LogP contribution is -2.27. The highest BCUT2D eigenvalue weighted by molar-refractivity contribution is 5.99. The van der Waals surface area contributed by atoms with Gasteiger partial charge in [0.05, 0.1) is 31.2 Å². The van der Waals surface area contributed by atoms with E-state index < -0.39 is 0 Å². The van der Waals surface area contributed by atoms with Crippen LogP contribution in [-0.4, -0.2) is 23.9 Å². The highest BCUT2D eigenvalue weighted by atomic mass is 16.5. The molecule has 2 atom stereocenters. The lowest BCUT2D eigenvalue weighted by atomic mass is 10.2. The monoisotopic (exact) mass is 325 g/mol. The molecule has 0 bridgehead atoms. The molecule has 6 nitrogen and oxygen atoms in total. The third-order valence-corrected chi connectivity index (χ3v) is 3.99. The number of hydrogen-bond donors (Lipinski definition) is 2. The minimum Gasteiger partial charge on any atom is -0.497 e. The van der Waals surface area contributed by atoms with E-state index in [1.54, 1.807) is 37.6 Å². The Bertz CT molecular complexity index is 716. The summed E-state index contributed by atoms with van der Waals surface area (Å²) >= 11 is 0. The summed E-state index contributed by atoms with van der Waals surface area (Å²) in [6.45, 7) is 0.378. The highest BCUT2D eigenvalue weighted by Gasteiger charge is 2.47. The molecule has 1 heterocycles. The summed E-state index contributed by atoms with van der Waals surface area (Å²) in [5.74, 6) is -0.0253. The fourth-order valence-corrected chi connectivity index (χ4v) is 2.50. The molecule has 1 aromatic carbocycles. The molecule has 1 saturated carbocycles. The van der Waals surface area contributed by atoms with Crippen LogP contribution in [0, 0.1) is 11.8 Å². The SMILES string of the molecule is COc1ccc(NC(=O)C2CC2C(=O)NCc2ccccn2)cc1. The van der Waals surface area contributed by atoms with Gasteiger partial charge in [-0.05, 0) is 42.8 Å². The zero-order chi connectivity index (χ0) is 16.9. The first-order valence-electron chi connectivity index (χ1n) is 7.80. The highest BCUT2D eigenvalue weighted by Crippen LogP contribution is 2.39. The number of benzene rings is 1. The Morgan fingerprint density at radius 1 is 1.12 bits per heavy atom. The van der Waals surface area contributed by atoms with Gasteiger partial charge in [0.25, 0.3) is 0 Å². The molecule has 1 fully saturated rings. The topological polar surface area (TPSA) is 80.3 Å². The van der Waals surface area contributed by atoms with E-state index in [1.165, 1.54) is 0 Å². The first kappa shape index (κ1) is 16.0. The number of nitrogens with one attached hydrogen (secondary N) is 2. The van der Waals surface area contributed by atoms with Crippen LogP contribution in [0.4, 0.5) is 5.69 Å². The maximum atomic E-state index is 12.2. The van der Waals surface area contributed by atoms with E-state index in [4.69, 9.17) is 4.74 Å². The molecule has 2 unspecified atom stereocenters. The van der Waals surface area contributed by atoms with Crippen LogP contribution < -0.4 is 15.4 Å². The molecule has 24 heavy (non-hydrogen) atoms. The van der Waals surface area contributed by atoms with Gasteiger partial charge in [0.2, 0.25) is 11.8 Å². The first-order valence-corrected chi connectivity index (χ1v) is 7.80. The van der Waals surface area contributed by atoms with Gasteiger partial charge in [-0.1, -0.05) is 6.07 Å². The minimum atomic E-state index is -0.268. The number of ether oxygens (including phenoxy) is 1. The van der Waals surface area contributed by atoms with Gasteiger partial charge in [-0.25, -0.2) is 0 Å². The molecule has 3 rings (SSSR count). The van der Waals surface area contributed by atoms with Crippen molar-refractivity contribution in [2.75, 3.05) is 12.4 Å². The van der Waals surface area contributed by atoms with Crippen molar-refractivity contribution in [3.8, 4) is 5.75 Å². The second-order valence-corrected chi connectivity index (χ2v) is 5.71. The molecule has 1 aliphatic rings. The fourth-order valence-electron chi connectivity index (χ4n) is 2.50. The number of pyridine rings is 1. The number of methoxy groups -OCH3 is 1. The Labute approximate surface area is 140 Å². The predicted molar refractivity (Wildman–Crippen MR) is 89.3 cm³/mol. The van der Waals surface area contributed by atoms with Gasteiger partial charge in [-0.3, -0.25) is 14.6 Å². The standard InChI is InChI=1S/C18H19N3O3/c1-24-14-7-5-12(6-8-14)21-18(23)16-10-15(16)17(22)20-11-13-4-2-3-9-19-13/h2-9,15-16H,10-11H2,1H3,(H,20,22)(H,21,23). The maximum Gasteiger partial charge on any atom is 0.228 e. The van der Waals surface area contributed by atoms with Gasteiger partial charge in [-0.15, -0.1) is 0 Å². The van der Waals surface area contributed by atoms with E-state index in [-0.39, 0.29) is 23.7 Å². The predicted octanol–water partition coefficient (Wildman–Crippen LogP) is 1.98. The van der Waals surface area contributed by atoms with Gasteiger partial charge in [0.1, 0.15) is 5.75 Å². The number of amides is 2. The van der Waals surface area contributed by atoms with E-state index in [0.717, 1.165) is 11.4 Å². The normalized spacial score (nSPS) is 18.5. The summed E-state index contributed by atoms with van der Waals surface area (Å²) in [4.78, 5) is 28.4. The maximum absolute atomic E-state index is 12.2. The molecule has 1 aromatic heterocycles. The lowest BCUT2D eigenvalue weighted by molar-refractivity contribution is -0.125. The Morgan fingerprint density at radius 2 is 1.88 bits per heavy atom. The van der Waals surface area contributed by atoms with Gasteiger partial charge < -0.3 is 15.4 Å². The molecule has 2 aromatic rings. The molecule has 2 amide bonds. The van der Waals surface area contributed by atoms with E-state index in [1.807, 2.05) is 18.2 Å². The van der Waals surface area contributed by atoms with E-state index in [0.29, 0.717) is 18.7 Å². The molecule has 124 valence electrons. The van der Waals surface area contributed by atoms with Crippen LogP contribution in [0.2, 0.25) is 0 Å². The smallest absolute Gasteiger partial charge is 0.228 e. The van der Waals surface area contributed by atoms with Crippen molar-refractivity contribution in [2.24, 2.45) is 11.8 Å². The Kier molecular flexibility index (Phi) is 4.74. The van der Waals surface area contributed by atoms with Gasteiger partial charge in [0.15, 0.2) is 0 Å². The largest absolute Gasteiger partial charge is 0.497 e. The molecule has 2 N–H and O–H groups in total. The minimum absolute atomic E-state index is 0.101. The Hall–Kier alpha value is -2.89. The van der Waals surface area contributed by atoms with E-state index in [2.05, 4.69) is 15.6 Å². The van der Waals surface area contributed by atoms with Crippen LogP contribution >= 0.6 is 0 Å². The van der Waals surface area contributed by atoms with Crippen molar-refractivity contribution in [3.05, 3.63) is 54.4 Å². The summed E-state index contributed by atoms with van der Waals surface area (Å²) in [7, 11) is 1.59. The molecular formula is C18H19N3O3. The number of aromatic nitrogens is 1.